The van der Waals surface area contributed by atoms with E-state index in [1.165, 1.54) is 0 Å². The summed E-state index contributed by atoms with van der Waals surface area (Å²) in [7, 11) is 0. The van der Waals surface area contributed by atoms with Crippen LogP contribution >= 0.6 is 0 Å². The van der Waals surface area contributed by atoms with Gasteiger partial charge in [0.1, 0.15) is 12.4 Å². The molecule has 5 nitrogen and oxygen atoms in total. The van der Waals surface area contributed by atoms with Crippen LogP contribution in [-0.4, -0.2) is 37.3 Å². The number of carbonyl (C=O) groups is 1. The molecule has 1 atom stereocenters. The smallest absolute Gasteiger partial charge is 0.251 e. The van der Waals surface area contributed by atoms with Gasteiger partial charge in [0.15, 0.2) is 0 Å². The van der Waals surface area contributed by atoms with E-state index in [1.54, 1.807) is 12.1 Å². The van der Waals surface area contributed by atoms with E-state index in [-0.39, 0.29) is 12.0 Å². The van der Waals surface area contributed by atoms with Crippen LogP contribution in [-0.2, 0) is 4.74 Å². The number of hydrogen-bond donors (Lipinski definition) is 2. The molecule has 116 valence electrons. The van der Waals surface area contributed by atoms with Crippen LogP contribution in [0.25, 0.3) is 0 Å². The quantitative estimate of drug-likeness (QED) is 0.837. The molecule has 1 aliphatic rings. The zero-order valence-corrected chi connectivity index (χ0v) is 12.7. The summed E-state index contributed by atoms with van der Waals surface area (Å²) in [6.07, 6.45) is 2.29. The van der Waals surface area contributed by atoms with E-state index in [1.807, 2.05) is 26.0 Å². The Morgan fingerprint density at radius 2 is 2.33 bits per heavy atom. The lowest BCUT2D eigenvalue weighted by atomic mass is 10.1. The van der Waals surface area contributed by atoms with Crippen molar-refractivity contribution >= 4 is 5.91 Å². The molecule has 1 amide bonds. The van der Waals surface area contributed by atoms with Gasteiger partial charge in [0, 0.05) is 24.3 Å². The van der Waals surface area contributed by atoms with E-state index in [2.05, 4.69) is 5.32 Å². The van der Waals surface area contributed by atoms with Crippen LogP contribution in [0.3, 0.4) is 0 Å². The predicted molar refractivity (Wildman–Crippen MR) is 81.5 cm³/mol. The molecule has 21 heavy (non-hydrogen) atoms. The first-order valence-corrected chi connectivity index (χ1v) is 7.37. The molecule has 2 rings (SSSR count). The van der Waals surface area contributed by atoms with Gasteiger partial charge in [-0.25, -0.2) is 0 Å². The first kappa shape index (κ1) is 15.8. The molecule has 0 aromatic heterocycles. The van der Waals surface area contributed by atoms with E-state index in [4.69, 9.17) is 15.2 Å². The molecule has 1 fully saturated rings. The Hall–Kier alpha value is -1.59. The van der Waals surface area contributed by atoms with Crippen molar-refractivity contribution in [3.8, 4) is 5.75 Å². The largest absolute Gasteiger partial charge is 0.491 e. The van der Waals surface area contributed by atoms with Crippen molar-refractivity contribution in [1.29, 1.82) is 0 Å². The van der Waals surface area contributed by atoms with Crippen molar-refractivity contribution in [2.24, 2.45) is 5.73 Å². The fraction of sp³-hybridized carbons (Fsp3) is 0.562. The molecular formula is C16H24N2O3. The lowest BCUT2D eigenvalue weighted by Crippen LogP contribution is -2.48. The number of benzene rings is 1. The monoisotopic (exact) mass is 292 g/mol. The summed E-state index contributed by atoms with van der Waals surface area (Å²) < 4.78 is 11.2. The number of nitrogens with two attached hydrogens (primary N) is 1. The van der Waals surface area contributed by atoms with Gasteiger partial charge < -0.3 is 20.5 Å². The minimum absolute atomic E-state index is 0.145. The van der Waals surface area contributed by atoms with Gasteiger partial charge >= 0.3 is 0 Å². The van der Waals surface area contributed by atoms with Gasteiger partial charge in [0.25, 0.3) is 5.91 Å². The first-order chi connectivity index (χ1) is 10.00. The van der Waals surface area contributed by atoms with Crippen molar-refractivity contribution in [3.05, 3.63) is 29.8 Å². The fourth-order valence-electron chi connectivity index (χ4n) is 2.12. The van der Waals surface area contributed by atoms with Crippen LogP contribution in [0.5, 0.6) is 5.75 Å². The Kier molecular flexibility index (Phi) is 5.20. The highest BCUT2D eigenvalue weighted by atomic mass is 16.5. The second-order valence-corrected chi connectivity index (χ2v) is 6.02. The van der Waals surface area contributed by atoms with Gasteiger partial charge in [0.2, 0.25) is 0 Å². The predicted octanol–water partition coefficient (Wildman–Crippen LogP) is 1.71. The Balaban J connectivity index is 1.94. The van der Waals surface area contributed by atoms with E-state index in [0.29, 0.717) is 24.5 Å². The summed E-state index contributed by atoms with van der Waals surface area (Å²) in [5.41, 5.74) is 5.77. The maximum Gasteiger partial charge on any atom is 0.251 e. The second-order valence-electron chi connectivity index (χ2n) is 6.02. The van der Waals surface area contributed by atoms with Gasteiger partial charge in [-0.05, 0) is 44.9 Å². The lowest BCUT2D eigenvalue weighted by Gasteiger charge is -2.24. The van der Waals surface area contributed by atoms with Gasteiger partial charge in [-0.3, -0.25) is 4.79 Å². The molecular weight excluding hydrogens is 268 g/mol. The fourth-order valence-corrected chi connectivity index (χ4v) is 2.12. The van der Waals surface area contributed by atoms with E-state index >= 15 is 0 Å². The summed E-state index contributed by atoms with van der Waals surface area (Å²) in [4.78, 5) is 12.2. The highest BCUT2D eigenvalue weighted by molar-refractivity contribution is 5.95. The van der Waals surface area contributed by atoms with Crippen LogP contribution in [0.4, 0.5) is 0 Å². The summed E-state index contributed by atoms with van der Waals surface area (Å²) in [6.45, 7) is 5.50. The second kappa shape index (κ2) is 6.91. The SMILES string of the molecule is CC(C)(CN)NC(=O)c1cccc(OCC2CCCO2)c1. The number of nitrogens with one attached hydrogen (secondary N) is 1. The number of hydrogen-bond acceptors (Lipinski definition) is 4. The average Bonchev–Trinajstić information content (AvgIpc) is 2.98. The van der Waals surface area contributed by atoms with Crippen molar-refractivity contribution in [3.63, 3.8) is 0 Å². The maximum absolute atomic E-state index is 12.2. The minimum atomic E-state index is -0.425. The molecule has 0 bridgehead atoms. The standard InChI is InChI=1S/C16H24N2O3/c1-16(2,11-17)18-15(19)12-5-3-6-13(9-12)21-10-14-7-4-8-20-14/h3,5-6,9,14H,4,7-8,10-11,17H2,1-2H3,(H,18,19). The van der Waals surface area contributed by atoms with Crippen LogP contribution in [0, 0.1) is 0 Å². The van der Waals surface area contributed by atoms with Crippen LogP contribution < -0.4 is 15.8 Å². The average molecular weight is 292 g/mol. The zero-order chi connectivity index (χ0) is 15.3. The van der Waals surface area contributed by atoms with Gasteiger partial charge in [-0.1, -0.05) is 6.07 Å². The molecule has 1 aromatic carbocycles. The molecule has 1 aromatic rings. The summed E-state index contributed by atoms with van der Waals surface area (Å²) in [5.74, 6) is 0.539. The molecule has 0 saturated carbocycles. The van der Waals surface area contributed by atoms with Crippen molar-refractivity contribution < 1.29 is 14.3 Å². The molecule has 0 aliphatic carbocycles. The summed E-state index contributed by atoms with van der Waals surface area (Å²) >= 11 is 0. The summed E-state index contributed by atoms with van der Waals surface area (Å²) in [5, 5.41) is 2.90. The van der Waals surface area contributed by atoms with Gasteiger partial charge in [0.05, 0.1) is 6.10 Å². The van der Waals surface area contributed by atoms with Crippen LogP contribution in [0.2, 0.25) is 0 Å². The Morgan fingerprint density at radius 1 is 1.52 bits per heavy atom. The lowest BCUT2D eigenvalue weighted by molar-refractivity contribution is 0.0679. The third kappa shape index (κ3) is 4.72. The molecule has 1 unspecified atom stereocenters. The Bertz CT molecular complexity index is 482. The molecule has 0 spiro atoms. The van der Waals surface area contributed by atoms with Crippen LogP contribution in [0.15, 0.2) is 24.3 Å². The number of ether oxygens (including phenoxy) is 2. The third-order valence-corrected chi connectivity index (χ3v) is 3.52. The minimum Gasteiger partial charge on any atom is -0.491 e. The summed E-state index contributed by atoms with van der Waals surface area (Å²) in [6, 6.07) is 7.17. The third-order valence-electron chi connectivity index (χ3n) is 3.52. The van der Waals surface area contributed by atoms with Gasteiger partial charge in [-0.15, -0.1) is 0 Å². The number of rotatable bonds is 6. The Labute approximate surface area is 125 Å². The van der Waals surface area contributed by atoms with E-state index in [0.717, 1.165) is 19.4 Å². The van der Waals surface area contributed by atoms with Gasteiger partial charge in [-0.2, -0.15) is 0 Å². The van der Waals surface area contributed by atoms with E-state index in [9.17, 15) is 4.79 Å². The number of amides is 1. The van der Waals surface area contributed by atoms with Crippen LogP contribution in [0.1, 0.15) is 37.0 Å². The number of carbonyl (C=O) groups excluding carboxylic acids is 1. The highest BCUT2D eigenvalue weighted by Crippen LogP contribution is 2.17. The molecule has 1 heterocycles. The Morgan fingerprint density at radius 3 is 3.00 bits per heavy atom. The highest BCUT2D eigenvalue weighted by Gasteiger charge is 2.20. The zero-order valence-electron chi connectivity index (χ0n) is 12.7. The molecule has 3 N–H and O–H groups in total. The maximum atomic E-state index is 12.2. The van der Waals surface area contributed by atoms with Crippen molar-refractivity contribution in [1.82, 2.24) is 5.32 Å². The van der Waals surface area contributed by atoms with E-state index < -0.39 is 5.54 Å². The topological polar surface area (TPSA) is 73.6 Å². The first-order valence-electron chi connectivity index (χ1n) is 7.37. The molecule has 5 heteroatoms. The molecule has 0 radical (unpaired) electrons. The normalized spacial score (nSPS) is 18.5. The molecule has 1 saturated heterocycles. The van der Waals surface area contributed by atoms with Crippen molar-refractivity contribution in [2.75, 3.05) is 19.8 Å². The van der Waals surface area contributed by atoms with Crippen molar-refractivity contribution in [2.45, 2.75) is 38.3 Å². The molecule has 1 aliphatic heterocycles.